The number of likely N-dealkylation sites (tertiary alicyclic amines) is 1. The number of halogens is 1. The van der Waals surface area contributed by atoms with Gasteiger partial charge in [-0.2, -0.15) is 0 Å². The molecule has 1 aromatic rings. The molecule has 1 aromatic carbocycles. The highest BCUT2D eigenvalue weighted by Crippen LogP contribution is 2.28. The Balaban J connectivity index is 1.94. The minimum Gasteiger partial charge on any atom is -0.506 e. The molecule has 4 nitrogen and oxygen atoms in total. The lowest BCUT2D eigenvalue weighted by Gasteiger charge is -2.35. The second kappa shape index (κ2) is 7.14. The number of aliphatic carboxylic acids is 1. The smallest absolute Gasteiger partial charge is 0.303 e. The molecule has 0 aromatic heterocycles. The van der Waals surface area contributed by atoms with Gasteiger partial charge in [0.25, 0.3) is 0 Å². The fourth-order valence-electron chi connectivity index (χ4n) is 3.05. The Kier molecular flexibility index (Phi) is 5.48. The number of phenolic OH excluding ortho intramolecular Hbond substituents is 1. The number of nitrogens with zero attached hydrogens (tertiary/aromatic N) is 1. The van der Waals surface area contributed by atoms with E-state index in [-0.39, 0.29) is 18.1 Å². The second-order valence-electron chi connectivity index (χ2n) is 6.00. The third-order valence-electron chi connectivity index (χ3n) is 4.26. The molecule has 0 bridgehead atoms. The molecule has 2 rings (SSSR count). The molecule has 0 radical (unpaired) electrons. The fraction of sp³-hybridized carbons (Fsp3) is 0.562. The average Bonchev–Trinajstić information content (AvgIpc) is 2.42. The summed E-state index contributed by atoms with van der Waals surface area (Å²) in [5.74, 6) is 0.0214. The van der Waals surface area contributed by atoms with Crippen molar-refractivity contribution in [2.24, 2.45) is 11.8 Å². The lowest BCUT2D eigenvalue weighted by molar-refractivity contribution is -0.138. The number of phenols is 1. The number of aromatic hydroxyl groups is 1. The number of rotatable bonds is 5. The third kappa shape index (κ3) is 4.61. The lowest BCUT2D eigenvalue weighted by atomic mass is 9.84. The maximum absolute atomic E-state index is 10.8. The Morgan fingerprint density at radius 3 is 2.95 bits per heavy atom. The molecular formula is C16H22ClNO3. The Morgan fingerprint density at radius 1 is 1.52 bits per heavy atom. The van der Waals surface area contributed by atoms with Gasteiger partial charge in [0, 0.05) is 19.5 Å². The molecule has 1 heterocycles. The molecule has 0 spiro atoms. The van der Waals surface area contributed by atoms with E-state index in [2.05, 4.69) is 4.90 Å². The Labute approximate surface area is 130 Å². The van der Waals surface area contributed by atoms with Crippen molar-refractivity contribution < 1.29 is 15.0 Å². The van der Waals surface area contributed by atoms with Gasteiger partial charge in [-0.25, -0.2) is 0 Å². The first-order valence-electron chi connectivity index (χ1n) is 7.37. The molecule has 1 saturated heterocycles. The molecule has 0 amide bonds. The average molecular weight is 312 g/mol. The van der Waals surface area contributed by atoms with E-state index in [1.807, 2.05) is 13.0 Å². The Morgan fingerprint density at radius 2 is 2.29 bits per heavy atom. The zero-order chi connectivity index (χ0) is 15.4. The van der Waals surface area contributed by atoms with Crippen molar-refractivity contribution in [3.8, 4) is 5.75 Å². The van der Waals surface area contributed by atoms with Crippen molar-refractivity contribution in [2.45, 2.75) is 32.7 Å². The first-order chi connectivity index (χ1) is 9.95. The molecule has 1 aliphatic heterocycles. The minimum absolute atomic E-state index is 0.104. The van der Waals surface area contributed by atoms with E-state index in [1.54, 1.807) is 12.1 Å². The molecule has 1 fully saturated rings. The van der Waals surface area contributed by atoms with E-state index in [0.717, 1.165) is 38.0 Å². The van der Waals surface area contributed by atoms with Crippen molar-refractivity contribution in [3.63, 3.8) is 0 Å². The van der Waals surface area contributed by atoms with Gasteiger partial charge < -0.3 is 10.2 Å². The van der Waals surface area contributed by atoms with Crippen LogP contribution in [0.4, 0.5) is 0 Å². The summed E-state index contributed by atoms with van der Waals surface area (Å²) in [4.78, 5) is 13.2. The van der Waals surface area contributed by atoms with E-state index < -0.39 is 5.97 Å². The van der Waals surface area contributed by atoms with Crippen LogP contribution >= 0.6 is 11.6 Å². The van der Waals surface area contributed by atoms with Crippen LogP contribution in [0.15, 0.2) is 18.2 Å². The van der Waals surface area contributed by atoms with Crippen molar-refractivity contribution in [1.29, 1.82) is 0 Å². The normalized spacial score (nSPS) is 21.1. The summed E-state index contributed by atoms with van der Waals surface area (Å²) >= 11 is 5.93. The van der Waals surface area contributed by atoms with Crippen LogP contribution in [-0.4, -0.2) is 34.2 Å². The summed E-state index contributed by atoms with van der Waals surface area (Å²) in [5, 5.41) is 18.7. The van der Waals surface area contributed by atoms with Gasteiger partial charge in [0.05, 0.1) is 5.02 Å². The number of piperidine rings is 1. The van der Waals surface area contributed by atoms with Crippen molar-refractivity contribution >= 4 is 17.6 Å². The molecule has 2 unspecified atom stereocenters. The van der Waals surface area contributed by atoms with Crippen molar-refractivity contribution in [1.82, 2.24) is 4.90 Å². The number of carboxylic acid groups (broad SMARTS) is 1. The summed E-state index contributed by atoms with van der Waals surface area (Å²) < 4.78 is 0. The van der Waals surface area contributed by atoms with Crippen LogP contribution in [0.2, 0.25) is 5.02 Å². The van der Waals surface area contributed by atoms with Crippen LogP contribution < -0.4 is 0 Å². The molecule has 116 valence electrons. The van der Waals surface area contributed by atoms with Crippen LogP contribution in [-0.2, 0) is 11.3 Å². The van der Waals surface area contributed by atoms with E-state index in [1.165, 1.54) is 0 Å². The largest absolute Gasteiger partial charge is 0.506 e. The standard InChI is InChI=1S/C16H22ClNO3/c1-11(7-16(20)21)13-3-2-6-18(10-13)9-12-4-5-15(19)14(17)8-12/h4-5,8,11,13,19H,2-3,6-7,9-10H2,1H3,(H,20,21). The number of carboxylic acids is 1. The lowest BCUT2D eigenvalue weighted by Crippen LogP contribution is -2.37. The van der Waals surface area contributed by atoms with E-state index in [0.29, 0.717) is 10.9 Å². The van der Waals surface area contributed by atoms with Crippen molar-refractivity contribution in [2.75, 3.05) is 13.1 Å². The first kappa shape index (κ1) is 16.1. The predicted molar refractivity (Wildman–Crippen MR) is 82.5 cm³/mol. The number of hydrogen-bond donors (Lipinski definition) is 2. The molecule has 0 saturated carbocycles. The van der Waals surface area contributed by atoms with Crippen LogP contribution in [0.3, 0.4) is 0 Å². The summed E-state index contributed by atoms with van der Waals surface area (Å²) in [6.45, 7) is 4.76. The fourth-order valence-corrected chi connectivity index (χ4v) is 3.25. The molecule has 2 N–H and O–H groups in total. The highest BCUT2D eigenvalue weighted by atomic mass is 35.5. The van der Waals surface area contributed by atoms with Gasteiger partial charge in [-0.1, -0.05) is 24.6 Å². The van der Waals surface area contributed by atoms with Crippen LogP contribution in [0.1, 0.15) is 31.7 Å². The van der Waals surface area contributed by atoms with E-state index in [4.69, 9.17) is 16.7 Å². The SMILES string of the molecule is CC(CC(=O)O)C1CCCN(Cc2ccc(O)c(Cl)c2)C1. The molecule has 21 heavy (non-hydrogen) atoms. The summed E-state index contributed by atoms with van der Waals surface area (Å²) in [7, 11) is 0. The van der Waals surface area contributed by atoms with Crippen molar-refractivity contribution in [3.05, 3.63) is 28.8 Å². The highest BCUT2D eigenvalue weighted by Gasteiger charge is 2.26. The van der Waals surface area contributed by atoms with Gasteiger partial charge in [-0.15, -0.1) is 0 Å². The molecule has 2 atom stereocenters. The van der Waals surface area contributed by atoms with Crippen LogP contribution in [0.25, 0.3) is 0 Å². The van der Waals surface area contributed by atoms with Gasteiger partial charge in [0.2, 0.25) is 0 Å². The molecule has 0 aliphatic carbocycles. The summed E-state index contributed by atoms with van der Waals surface area (Å²) in [6.07, 6.45) is 2.44. The third-order valence-corrected chi connectivity index (χ3v) is 4.56. The predicted octanol–water partition coefficient (Wildman–Crippen LogP) is 3.37. The van der Waals surface area contributed by atoms with Gasteiger partial charge in [-0.05, 0) is 48.9 Å². The van der Waals surface area contributed by atoms with Gasteiger partial charge in [0.15, 0.2) is 0 Å². The zero-order valence-electron chi connectivity index (χ0n) is 12.3. The Hall–Kier alpha value is -1.26. The van der Waals surface area contributed by atoms with Crippen LogP contribution in [0.5, 0.6) is 5.75 Å². The molecular weight excluding hydrogens is 290 g/mol. The minimum atomic E-state index is -0.718. The van der Waals surface area contributed by atoms with E-state index >= 15 is 0 Å². The van der Waals surface area contributed by atoms with Gasteiger partial charge in [0.1, 0.15) is 5.75 Å². The first-order valence-corrected chi connectivity index (χ1v) is 7.75. The topological polar surface area (TPSA) is 60.8 Å². The van der Waals surface area contributed by atoms with E-state index in [9.17, 15) is 9.90 Å². The van der Waals surface area contributed by atoms with Crippen LogP contribution in [0, 0.1) is 11.8 Å². The monoisotopic (exact) mass is 311 g/mol. The van der Waals surface area contributed by atoms with Gasteiger partial charge in [-0.3, -0.25) is 9.69 Å². The summed E-state index contributed by atoms with van der Waals surface area (Å²) in [5.41, 5.74) is 1.07. The van der Waals surface area contributed by atoms with Gasteiger partial charge >= 0.3 is 5.97 Å². The molecule has 5 heteroatoms. The zero-order valence-corrected chi connectivity index (χ0v) is 13.0. The maximum Gasteiger partial charge on any atom is 0.303 e. The summed E-state index contributed by atoms with van der Waals surface area (Å²) in [6, 6.07) is 5.29. The Bertz CT molecular complexity index is 506. The second-order valence-corrected chi connectivity index (χ2v) is 6.41. The molecule has 1 aliphatic rings. The number of hydrogen-bond acceptors (Lipinski definition) is 3. The highest BCUT2D eigenvalue weighted by molar-refractivity contribution is 6.32. The maximum atomic E-state index is 10.8. The number of benzene rings is 1. The number of carbonyl (C=O) groups is 1. The quantitative estimate of drug-likeness (QED) is 0.875.